The van der Waals surface area contributed by atoms with Crippen LogP contribution in [0, 0.1) is 11.8 Å². The van der Waals surface area contributed by atoms with Crippen LogP contribution in [0.4, 0.5) is 0 Å². The number of carbonyl (C=O) groups excluding carboxylic acids is 1. The van der Waals surface area contributed by atoms with Crippen LogP contribution in [0.15, 0.2) is 29.3 Å². The number of esters is 1. The van der Waals surface area contributed by atoms with E-state index >= 15 is 0 Å². The number of ether oxygens (including phenoxy) is 1. The molecule has 0 spiro atoms. The lowest BCUT2D eigenvalue weighted by Crippen LogP contribution is -2.28. The molecule has 132 valence electrons. The molecule has 0 unspecified atom stereocenters. The van der Waals surface area contributed by atoms with Gasteiger partial charge in [-0.25, -0.2) is 4.79 Å². The Morgan fingerprint density at radius 3 is 2.21 bits per heavy atom. The molecule has 0 amide bonds. The van der Waals surface area contributed by atoms with Crippen molar-refractivity contribution in [2.24, 2.45) is 28.3 Å². The van der Waals surface area contributed by atoms with Crippen molar-refractivity contribution in [3.63, 3.8) is 0 Å². The summed E-state index contributed by atoms with van der Waals surface area (Å²) in [6, 6.07) is 5.81. The van der Waals surface area contributed by atoms with Crippen LogP contribution in [0.3, 0.4) is 0 Å². The summed E-state index contributed by atoms with van der Waals surface area (Å²) in [5.41, 5.74) is 10.8. The average molecular weight is 356 g/mol. The van der Waals surface area contributed by atoms with Crippen molar-refractivity contribution in [1.82, 2.24) is 0 Å². The number of carboxylic acid groups (broad SMARTS) is 1. The second-order valence-electron chi connectivity index (χ2n) is 5.73. The van der Waals surface area contributed by atoms with Gasteiger partial charge in [0.15, 0.2) is 5.96 Å². The molecule has 1 aromatic carbocycles. The molecule has 7 nitrogen and oxygen atoms in total. The normalized spacial score (nSPS) is 19.7. The number of aliphatic imine (C=N–C) groups is 1. The van der Waals surface area contributed by atoms with Gasteiger partial charge < -0.3 is 21.3 Å². The third-order valence-corrected chi connectivity index (χ3v) is 4.03. The smallest absolute Gasteiger partial charge is 0.335 e. The number of carbonyl (C=O) groups is 2. The summed E-state index contributed by atoms with van der Waals surface area (Å²) < 4.78 is 5.32. The van der Waals surface area contributed by atoms with E-state index in [1.54, 1.807) is 0 Å². The Balaban J connectivity index is 0.00000288. The van der Waals surface area contributed by atoms with E-state index in [-0.39, 0.29) is 35.8 Å². The quantitative estimate of drug-likeness (QED) is 0.319. The summed E-state index contributed by atoms with van der Waals surface area (Å²) in [6.45, 7) is 0.598. The van der Waals surface area contributed by atoms with Crippen LogP contribution in [0.25, 0.3) is 0 Å². The maximum Gasteiger partial charge on any atom is 0.335 e. The average Bonchev–Trinajstić information content (AvgIpc) is 2.54. The summed E-state index contributed by atoms with van der Waals surface area (Å²) >= 11 is 0. The molecule has 1 fully saturated rings. The van der Waals surface area contributed by atoms with Crippen LogP contribution < -0.4 is 16.2 Å². The predicted molar refractivity (Wildman–Crippen MR) is 92.4 cm³/mol. The highest BCUT2D eigenvalue weighted by atomic mass is 35.5. The zero-order valence-corrected chi connectivity index (χ0v) is 14.0. The van der Waals surface area contributed by atoms with Gasteiger partial charge in [-0.1, -0.05) is 0 Å². The minimum atomic E-state index is -1.01. The molecule has 2 rings (SSSR count). The first-order valence-corrected chi connectivity index (χ1v) is 7.56. The number of hydrogen-bond acceptors (Lipinski definition) is 4. The summed E-state index contributed by atoms with van der Waals surface area (Å²) in [6.07, 6.45) is 3.26. The highest BCUT2D eigenvalue weighted by Crippen LogP contribution is 2.30. The lowest BCUT2D eigenvalue weighted by atomic mass is 9.82. The second-order valence-corrected chi connectivity index (χ2v) is 5.73. The van der Waals surface area contributed by atoms with Crippen LogP contribution >= 0.6 is 12.4 Å². The van der Waals surface area contributed by atoms with Gasteiger partial charge in [-0.15, -0.1) is 12.4 Å². The fourth-order valence-corrected chi connectivity index (χ4v) is 2.68. The number of rotatable bonds is 5. The molecule has 0 aromatic heterocycles. The Hall–Kier alpha value is -2.28. The van der Waals surface area contributed by atoms with Crippen molar-refractivity contribution in [3.8, 4) is 5.75 Å². The van der Waals surface area contributed by atoms with E-state index < -0.39 is 5.97 Å². The Kier molecular flexibility index (Phi) is 7.51. The maximum atomic E-state index is 12.2. The van der Waals surface area contributed by atoms with Crippen LogP contribution in [0.1, 0.15) is 36.0 Å². The molecule has 8 heteroatoms. The minimum absolute atomic E-state index is 0. The molecule has 0 bridgehead atoms. The van der Waals surface area contributed by atoms with E-state index in [2.05, 4.69) is 4.99 Å². The van der Waals surface area contributed by atoms with Gasteiger partial charge in [0.2, 0.25) is 0 Å². The van der Waals surface area contributed by atoms with Gasteiger partial charge in [0.1, 0.15) is 5.75 Å². The van der Waals surface area contributed by atoms with Crippen LogP contribution in [-0.4, -0.2) is 29.5 Å². The highest BCUT2D eigenvalue weighted by Gasteiger charge is 2.27. The van der Waals surface area contributed by atoms with Gasteiger partial charge in [-0.2, -0.15) is 0 Å². The zero-order valence-electron chi connectivity index (χ0n) is 13.2. The molecule has 5 N–H and O–H groups in total. The fraction of sp³-hybridized carbons (Fsp3) is 0.438. The van der Waals surface area contributed by atoms with Gasteiger partial charge >= 0.3 is 11.9 Å². The fourth-order valence-electron chi connectivity index (χ4n) is 2.68. The van der Waals surface area contributed by atoms with Crippen molar-refractivity contribution in [2.75, 3.05) is 6.54 Å². The number of nitrogens with zero attached hydrogens (tertiary/aromatic N) is 1. The molecule has 1 aliphatic carbocycles. The van der Waals surface area contributed by atoms with Gasteiger partial charge in [0, 0.05) is 6.54 Å². The molecule has 0 saturated heterocycles. The topological polar surface area (TPSA) is 128 Å². The number of aromatic carboxylic acids is 1. The number of nitrogens with two attached hydrogens (primary N) is 2. The first kappa shape index (κ1) is 19.8. The number of guanidine groups is 1. The molecule has 0 aliphatic heterocycles. The third kappa shape index (κ3) is 5.73. The third-order valence-electron chi connectivity index (χ3n) is 4.03. The van der Waals surface area contributed by atoms with E-state index in [9.17, 15) is 9.59 Å². The van der Waals surface area contributed by atoms with E-state index in [0.29, 0.717) is 18.2 Å². The Bertz CT molecular complexity index is 592. The lowest BCUT2D eigenvalue weighted by molar-refractivity contribution is -0.140. The molecule has 0 atom stereocenters. The molecule has 24 heavy (non-hydrogen) atoms. The van der Waals surface area contributed by atoms with Crippen molar-refractivity contribution in [1.29, 1.82) is 0 Å². The SMILES string of the molecule is Cl.NC(N)=NCC1CCC(C(=O)Oc2ccc(C(=O)O)cc2)CC1. The lowest BCUT2D eigenvalue weighted by Gasteiger charge is -2.26. The monoisotopic (exact) mass is 355 g/mol. The summed E-state index contributed by atoms with van der Waals surface area (Å²) in [4.78, 5) is 26.9. The largest absolute Gasteiger partial charge is 0.478 e. The van der Waals surface area contributed by atoms with E-state index in [1.807, 2.05) is 0 Å². The Morgan fingerprint density at radius 2 is 1.71 bits per heavy atom. The number of benzene rings is 1. The first-order valence-electron chi connectivity index (χ1n) is 7.56. The van der Waals surface area contributed by atoms with E-state index in [0.717, 1.165) is 25.7 Å². The van der Waals surface area contributed by atoms with Crippen molar-refractivity contribution >= 4 is 30.3 Å². The van der Waals surface area contributed by atoms with Crippen molar-refractivity contribution in [3.05, 3.63) is 29.8 Å². The van der Waals surface area contributed by atoms with Gasteiger partial charge in [-0.05, 0) is 55.9 Å². The van der Waals surface area contributed by atoms with E-state index in [4.69, 9.17) is 21.3 Å². The summed E-state index contributed by atoms with van der Waals surface area (Å²) in [7, 11) is 0. The van der Waals surface area contributed by atoms with Crippen LogP contribution in [-0.2, 0) is 4.79 Å². The van der Waals surface area contributed by atoms with Gasteiger partial charge in [-0.3, -0.25) is 9.79 Å². The van der Waals surface area contributed by atoms with E-state index in [1.165, 1.54) is 24.3 Å². The molecule has 0 heterocycles. The van der Waals surface area contributed by atoms with Gasteiger partial charge in [0.05, 0.1) is 11.5 Å². The standard InChI is InChI=1S/C16H21N3O4.ClH/c17-16(18)19-9-10-1-3-12(4-2-10)15(22)23-13-7-5-11(6-8-13)14(20)21;/h5-8,10,12H,1-4,9H2,(H,20,21)(H4,17,18,19);1H. The Morgan fingerprint density at radius 1 is 1.12 bits per heavy atom. The minimum Gasteiger partial charge on any atom is -0.478 e. The summed E-state index contributed by atoms with van der Waals surface area (Å²) in [5.74, 6) is -0.560. The molecule has 0 radical (unpaired) electrons. The highest BCUT2D eigenvalue weighted by molar-refractivity contribution is 5.87. The zero-order chi connectivity index (χ0) is 16.8. The molecular formula is C16H22ClN3O4. The first-order chi connectivity index (χ1) is 11.0. The van der Waals surface area contributed by atoms with Crippen LogP contribution in [0.5, 0.6) is 5.75 Å². The number of hydrogen-bond donors (Lipinski definition) is 3. The Labute approximate surface area is 146 Å². The van der Waals surface area contributed by atoms with Crippen molar-refractivity contribution in [2.45, 2.75) is 25.7 Å². The predicted octanol–water partition coefficient (Wildman–Crippen LogP) is 1.79. The van der Waals surface area contributed by atoms with Crippen molar-refractivity contribution < 1.29 is 19.4 Å². The summed E-state index contributed by atoms with van der Waals surface area (Å²) in [5, 5.41) is 8.83. The number of carboxylic acids is 1. The number of halogens is 1. The second kappa shape index (κ2) is 9.12. The maximum absolute atomic E-state index is 12.2. The molecular weight excluding hydrogens is 334 g/mol. The van der Waals surface area contributed by atoms with Gasteiger partial charge in [0.25, 0.3) is 0 Å². The molecule has 1 aliphatic rings. The molecule has 1 saturated carbocycles. The van der Waals surface area contributed by atoms with Crippen LogP contribution in [0.2, 0.25) is 0 Å². The molecule has 1 aromatic rings.